The molecule has 0 aliphatic heterocycles. The Hall–Kier alpha value is -3.07. The smallest absolute Gasteiger partial charge is 0.314 e. The molecule has 0 N–H and O–H groups in total. The standard InChI is InChI=1S/C22H22F2N2O4S/c1-14(2)10-11-30-21-18(15-4-7-17(8-5-15)31(3,28)29)13-25-26(22(21)27)16-6-9-19(23)20(24)12-16/h4-9,12-14H,10-11H2,1-3H3. The summed E-state index contributed by atoms with van der Waals surface area (Å²) in [5, 5.41) is 4.09. The van der Waals surface area contributed by atoms with Crippen molar-refractivity contribution in [1.29, 1.82) is 0 Å². The highest BCUT2D eigenvalue weighted by Gasteiger charge is 2.18. The van der Waals surface area contributed by atoms with Crippen molar-refractivity contribution < 1.29 is 21.9 Å². The summed E-state index contributed by atoms with van der Waals surface area (Å²) in [5.41, 5.74) is 0.317. The van der Waals surface area contributed by atoms with Crippen LogP contribution in [0.1, 0.15) is 20.3 Å². The van der Waals surface area contributed by atoms with Gasteiger partial charge in [0, 0.05) is 17.9 Å². The molecule has 3 aromatic rings. The van der Waals surface area contributed by atoms with Crippen molar-refractivity contribution >= 4 is 9.84 Å². The van der Waals surface area contributed by atoms with E-state index in [-0.39, 0.29) is 22.9 Å². The van der Waals surface area contributed by atoms with Gasteiger partial charge in [-0.3, -0.25) is 4.79 Å². The van der Waals surface area contributed by atoms with Gasteiger partial charge in [0.05, 0.1) is 23.4 Å². The van der Waals surface area contributed by atoms with Crippen LogP contribution in [0.2, 0.25) is 0 Å². The minimum Gasteiger partial charge on any atom is -0.487 e. The van der Waals surface area contributed by atoms with Gasteiger partial charge in [0.15, 0.2) is 27.2 Å². The van der Waals surface area contributed by atoms with E-state index < -0.39 is 27.0 Å². The molecule has 0 saturated carbocycles. The van der Waals surface area contributed by atoms with Gasteiger partial charge in [0.2, 0.25) is 0 Å². The summed E-state index contributed by atoms with van der Waals surface area (Å²) < 4.78 is 57.1. The number of sulfone groups is 1. The molecule has 2 aromatic carbocycles. The van der Waals surface area contributed by atoms with Gasteiger partial charge in [0.1, 0.15) is 0 Å². The summed E-state index contributed by atoms with van der Waals surface area (Å²) in [6.07, 6.45) is 3.18. The fourth-order valence-electron chi connectivity index (χ4n) is 2.86. The van der Waals surface area contributed by atoms with E-state index in [4.69, 9.17) is 4.74 Å². The van der Waals surface area contributed by atoms with Crippen molar-refractivity contribution in [1.82, 2.24) is 9.78 Å². The van der Waals surface area contributed by atoms with E-state index in [0.717, 1.165) is 23.1 Å². The monoisotopic (exact) mass is 448 g/mol. The fraction of sp³-hybridized carbons (Fsp3) is 0.273. The van der Waals surface area contributed by atoms with Crippen LogP contribution >= 0.6 is 0 Å². The van der Waals surface area contributed by atoms with Crippen molar-refractivity contribution in [2.75, 3.05) is 12.9 Å². The molecule has 9 heteroatoms. The Balaban J connectivity index is 2.11. The quantitative estimate of drug-likeness (QED) is 0.546. The Morgan fingerprint density at radius 1 is 1.06 bits per heavy atom. The molecular formula is C22H22F2N2O4S. The first-order chi connectivity index (χ1) is 14.6. The van der Waals surface area contributed by atoms with E-state index in [1.54, 1.807) is 12.1 Å². The zero-order valence-electron chi connectivity index (χ0n) is 17.3. The average molecular weight is 448 g/mol. The van der Waals surface area contributed by atoms with E-state index in [1.165, 1.54) is 24.4 Å². The maximum absolute atomic E-state index is 13.7. The van der Waals surface area contributed by atoms with Crippen LogP contribution in [0.15, 0.2) is 58.4 Å². The van der Waals surface area contributed by atoms with E-state index >= 15 is 0 Å². The molecule has 0 bridgehead atoms. The second kappa shape index (κ2) is 8.97. The first kappa shape index (κ1) is 22.6. The number of hydrogen-bond donors (Lipinski definition) is 0. The van der Waals surface area contributed by atoms with Gasteiger partial charge in [-0.2, -0.15) is 9.78 Å². The highest BCUT2D eigenvalue weighted by atomic mass is 32.2. The summed E-state index contributed by atoms with van der Waals surface area (Å²) >= 11 is 0. The molecule has 1 heterocycles. The van der Waals surface area contributed by atoms with Crippen LogP contribution in [0.4, 0.5) is 8.78 Å². The van der Waals surface area contributed by atoms with Gasteiger partial charge in [-0.1, -0.05) is 26.0 Å². The Bertz CT molecular complexity index is 1250. The highest BCUT2D eigenvalue weighted by molar-refractivity contribution is 7.90. The fourth-order valence-corrected chi connectivity index (χ4v) is 3.49. The number of nitrogens with zero attached hydrogens (tertiary/aromatic N) is 2. The van der Waals surface area contributed by atoms with Crippen molar-refractivity contribution in [3.05, 3.63) is 70.6 Å². The average Bonchev–Trinajstić information content (AvgIpc) is 2.70. The molecule has 0 fully saturated rings. The summed E-state index contributed by atoms with van der Waals surface area (Å²) in [5.74, 6) is -1.80. The Labute approximate surface area is 179 Å². The van der Waals surface area contributed by atoms with Gasteiger partial charge in [-0.05, 0) is 42.2 Å². The largest absolute Gasteiger partial charge is 0.487 e. The number of benzene rings is 2. The molecule has 1 aromatic heterocycles. The van der Waals surface area contributed by atoms with Gasteiger partial charge in [0.25, 0.3) is 0 Å². The third-order valence-corrected chi connectivity index (χ3v) is 5.74. The van der Waals surface area contributed by atoms with Crippen LogP contribution in [0.25, 0.3) is 16.8 Å². The first-order valence-corrected chi connectivity index (χ1v) is 11.5. The molecule has 0 unspecified atom stereocenters. The van der Waals surface area contributed by atoms with Crippen LogP contribution in [0, 0.1) is 17.6 Å². The van der Waals surface area contributed by atoms with E-state index in [9.17, 15) is 22.0 Å². The van der Waals surface area contributed by atoms with E-state index in [2.05, 4.69) is 5.10 Å². The zero-order valence-corrected chi connectivity index (χ0v) is 18.1. The molecule has 0 aliphatic rings. The SMILES string of the molecule is CC(C)CCOc1c(-c2ccc(S(C)(=O)=O)cc2)cnn(-c2ccc(F)c(F)c2)c1=O. The lowest BCUT2D eigenvalue weighted by Crippen LogP contribution is -2.24. The topological polar surface area (TPSA) is 78.3 Å². The second-order valence-electron chi connectivity index (χ2n) is 7.53. The number of halogens is 2. The van der Waals surface area contributed by atoms with E-state index in [0.29, 0.717) is 23.5 Å². The molecule has 0 spiro atoms. The molecule has 0 radical (unpaired) electrons. The van der Waals surface area contributed by atoms with Crippen LogP contribution in [0.5, 0.6) is 5.75 Å². The summed E-state index contributed by atoms with van der Waals surface area (Å²) in [6.45, 7) is 4.30. The number of hydrogen-bond acceptors (Lipinski definition) is 5. The summed E-state index contributed by atoms with van der Waals surface area (Å²) in [7, 11) is -3.37. The third-order valence-electron chi connectivity index (χ3n) is 4.62. The number of aromatic nitrogens is 2. The Morgan fingerprint density at radius 2 is 1.74 bits per heavy atom. The maximum atomic E-state index is 13.7. The Kier molecular flexibility index (Phi) is 6.54. The van der Waals surface area contributed by atoms with Crippen molar-refractivity contribution in [3.63, 3.8) is 0 Å². The van der Waals surface area contributed by atoms with Crippen LogP contribution in [-0.2, 0) is 9.84 Å². The minimum absolute atomic E-state index is 0.00695. The zero-order chi connectivity index (χ0) is 22.8. The first-order valence-electron chi connectivity index (χ1n) is 9.59. The predicted octanol–water partition coefficient (Wildman–Crippen LogP) is 4.01. The van der Waals surface area contributed by atoms with Crippen molar-refractivity contribution in [3.8, 4) is 22.6 Å². The molecule has 3 rings (SSSR count). The van der Waals surface area contributed by atoms with E-state index in [1.807, 2.05) is 13.8 Å². The van der Waals surface area contributed by atoms with Gasteiger partial charge in [-0.15, -0.1) is 0 Å². The maximum Gasteiger partial charge on any atom is 0.314 e. The lowest BCUT2D eigenvalue weighted by molar-refractivity contribution is 0.285. The highest BCUT2D eigenvalue weighted by Crippen LogP contribution is 2.28. The molecular weight excluding hydrogens is 426 g/mol. The van der Waals surface area contributed by atoms with Crippen molar-refractivity contribution in [2.45, 2.75) is 25.2 Å². The molecule has 31 heavy (non-hydrogen) atoms. The molecule has 6 nitrogen and oxygen atoms in total. The number of rotatable bonds is 7. The van der Waals surface area contributed by atoms with Gasteiger partial charge >= 0.3 is 5.56 Å². The summed E-state index contributed by atoms with van der Waals surface area (Å²) in [6, 6.07) is 9.02. The minimum atomic E-state index is -3.37. The van der Waals surface area contributed by atoms with Gasteiger partial charge < -0.3 is 4.74 Å². The van der Waals surface area contributed by atoms with Crippen molar-refractivity contribution in [2.24, 2.45) is 5.92 Å². The molecule has 164 valence electrons. The van der Waals surface area contributed by atoms with Crippen LogP contribution in [0.3, 0.4) is 0 Å². The molecule has 0 amide bonds. The normalized spacial score (nSPS) is 11.7. The summed E-state index contributed by atoms with van der Waals surface area (Å²) in [4.78, 5) is 13.3. The molecule has 0 atom stereocenters. The van der Waals surface area contributed by atoms with Crippen LogP contribution < -0.4 is 10.3 Å². The lowest BCUT2D eigenvalue weighted by Gasteiger charge is -2.14. The molecule has 0 saturated heterocycles. The predicted molar refractivity (Wildman–Crippen MR) is 113 cm³/mol. The third kappa shape index (κ3) is 5.16. The molecule has 0 aliphatic carbocycles. The lowest BCUT2D eigenvalue weighted by atomic mass is 10.1. The Morgan fingerprint density at radius 3 is 2.32 bits per heavy atom. The van der Waals surface area contributed by atoms with Gasteiger partial charge in [-0.25, -0.2) is 17.2 Å². The van der Waals surface area contributed by atoms with Crippen LogP contribution in [-0.4, -0.2) is 31.1 Å². The second-order valence-corrected chi connectivity index (χ2v) is 9.55. The number of ether oxygens (including phenoxy) is 1.